The second-order valence-electron chi connectivity index (χ2n) is 7.50. The van der Waals surface area contributed by atoms with E-state index in [2.05, 4.69) is 37.1 Å². The van der Waals surface area contributed by atoms with Gasteiger partial charge < -0.3 is 14.9 Å². The zero-order chi connectivity index (χ0) is 18.9. The molecule has 1 saturated heterocycles. The van der Waals surface area contributed by atoms with Gasteiger partial charge in [-0.05, 0) is 18.9 Å². The third-order valence-corrected chi connectivity index (χ3v) is 5.68. The third kappa shape index (κ3) is 3.22. The first-order chi connectivity index (χ1) is 13.8. The monoisotopic (exact) mass is 376 g/mol. The van der Waals surface area contributed by atoms with Crippen LogP contribution in [0.1, 0.15) is 24.1 Å². The second-order valence-corrected chi connectivity index (χ2v) is 7.50. The Morgan fingerprint density at radius 1 is 1.00 bits per heavy atom. The lowest BCUT2D eigenvalue weighted by Gasteiger charge is -2.32. The van der Waals surface area contributed by atoms with Crippen LogP contribution in [0.5, 0.6) is 0 Å². The lowest BCUT2D eigenvalue weighted by atomic mass is 10.0. The first kappa shape index (κ1) is 17.2. The van der Waals surface area contributed by atoms with Crippen LogP contribution in [0.2, 0.25) is 0 Å². The average Bonchev–Trinajstić information content (AvgIpc) is 3.18. The Morgan fingerprint density at radius 2 is 1.82 bits per heavy atom. The number of piperidine rings is 1. The molecule has 2 aliphatic rings. The Kier molecular flexibility index (Phi) is 4.44. The molecule has 28 heavy (non-hydrogen) atoms. The molecule has 5 rings (SSSR count). The van der Waals surface area contributed by atoms with Crippen LogP contribution in [0, 0.1) is 0 Å². The SMILES string of the molecule is OC1CCN(c2ccnc(N3CCc4[nH]nc(-c5ccccc5)c4C3)n2)CC1. The fraction of sp³-hybridized carbons (Fsp3) is 0.381. The van der Waals surface area contributed by atoms with Gasteiger partial charge in [0.25, 0.3) is 0 Å². The topological polar surface area (TPSA) is 81.2 Å². The second kappa shape index (κ2) is 7.24. The smallest absolute Gasteiger partial charge is 0.227 e. The van der Waals surface area contributed by atoms with Crippen LogP contribution in [0.3, 0.4) is 0 Å². The molecule has 0 spiro atoms. The van der Waals surface area contributed by atoms with E-state index in [4.69, 9.17) is 4.98 Å². The van der Waals surface area contributed by atoms with Crippen LogP contribution in [-0.2, 0) is 13.0 Å². The molecule has 0 aliphatic carbocycles. The summed E-state index contributed by atoms with van der Waals surface area (Å²) in [6, 6.07) is 12.3. The van der Waals surface area contributed by atoms with Crippen molar-refractivity contribution in [1.82, 2.24) is 20.2 Å². The predicted molar refractivity (Wildman–Crippen MR) is 108 cm³/mol. The van der Waals surface area contributed by atoms with Crippen molar-refractivity contribution in [3.63, 3.8) is 0 Å². The highest BCUT2D eigenvalue weighted by molar-refractivity contribution is 5.65. The van der Waals surface area contributed by atoms with Gasteiger partial charge in [-0.2, -0.15) is 10.1 Å². The van der Waals surface area contributed by atoms with E-state index in [9.17, 15) is 5.11 Å². The van der Waals surface area contributed by atoms with Gasteiger partial charge >= 0.3 is 0 Å². The normalized spacial score (nSPS) is 17.6. The van der Waals surface area contributed by atoms with Crippen molar-refractivity contribution in [2.45, 2.75) is 31.9 Å². The Hall–Kier alpha value is -2.93. The van der Waals surface area contributed by atoms with Crippen LogP contribution in [-0.4, -0.2) is 51.0 Å². The van der Waals surface area contributed by atoms with E-state index in [1.54, 1.807) is 0 Å². The molecule has 2 aromatic heterocycles. The summed E-state index contributed by atoms with van der Waals surface area (Å²) in [6.07, 6.45) is 4.14. The summed E-state index contributed by atoms with van der Waals surface area (Å²) in [5.41, 5.74) is 4.58. The molecule has 0 bridgehead atoms. The quantitative estimate of drug-likeness (QED) is 0.731. The van der Waals surface area contributed by atoms with Crippen molar-refractivity contribution < 1.29 is 5.11 Å². The van der Waals surface area contributed by atoms with Crippen molar-refractivity contribution in [3.8, 4) is 11.3 Å². The summed E-state index contributed by atoms with van der Waals surface area (Å²) in [5, 5.41) is 17.5. The number of aromatic amines is 1. The van der Waals surface area contributed by atoms with Gasteiger partial charge in [0.05, 0.1) is 11.8 Å². The summed E-state index contributed by atoms with van der Waals surface area (Å²) in [5.74, 6) is 1.70. The number of aromatic nitrogens is 4. The maximum absolute atomic E-state index is 9.75. The van der Waals surface area contributed by atoms with Crippen LogP contribution in [0.15, 0.2) is 42.6 Å². The number of H-pyrrole nitrogens is 1. The van der Waals surface area contributed by atoms with Crippen LogP contribution < -0.4 is 9.80 Å². The minimum atomic E-state index is -0.185. The molecule has 0 amide bonds. The summed E-state index contributed by atoms with van der Waals surface area (Å²) >= 11 is 0. The molecule has 144 valence electrons. The minimum Gasteiger partial charge on any atom is -0.393 e. The standard InChI is InChI=1S/C21H24N6O/c28-16-7-11-26(12-8-16)19-6-10-22-21(23-19)27-13-9-18-17(14-27)20(25-24-18)15-4-2-1-3-5-15/h1-6,10,16,28H,7-9,11-14H2,(H,24,25). The highest BCUT2D eigenvalue weighted by atomic mass is 16.3. The molecule has 2 N–H and O–H groups in total. The molecule has 1 fully saturated rings. The van der Waals surface area contributed by atoms with Crippen molar-refractivity contribution >= 4 is 11.8 Å². The van der Waals surface area contributed by atoms with Gasteiger partial charge in [0.1, 0.15) is 5.82 Å². The van der Waals surface area contributed by atoms with E-state index in [0.717, 1.165) is 68.5 Å². The molecular formula is C21H24N6O. The van der Waals surface area contributed by atoms with Gasteiger partial charge in [0.15, 0.2) is 0 Å². The lowest BCUT2D eigenvalue weighted by molar-refractivity contribution is 0.145. The molecule has 3 aromatic rings. The molecule has 4 heterocycles. The van der Waals surface area contributed by atoms with Crippen molar-refractivity contribution in [2.75, 3.05) is 29.4 Å². The zero-order valence-corrected chi connectivity index (χ0v) is 15.8. The lowest BCUT2D eigenvalue weighted by Crippen LogP contribution is -2.37. The van der Waals surface area contributed by atoms with Crippen molar-refractivity contribution in [1.29, 1.82) is 0 Å². The van der Waals surface area contributed by atoms with Crippen LogP contribution >= 0.6 is 0 Å². The number of nitrogens with one attached hydrogen (secondary N) is 1. The Bertz CT molecular complexity index is 949. The van der Waals surface area contributed by atoms with Crippen LogP contribution in [0.25, 0.3) is 11.3 Å². The number of aliphatic hydroxyl groups excluding tert-OH is 1. The first-order valence-electron chi connectivity index (χ1n) is 9.90. The molecule has 0 saturated carbocycles. The number of rotatable bonds is 3. The van der Waals surface area contributed by atoms with E-state index in [0.29, 0.717) is 0 Å². The van der Waals surface area contributed by atoms with Gasteiger partial charge in [0.2, 0.25) is 5.95 Å². The number of aliphatic hydroxyl groups is 1. The van der Waals surface area contributed by atoms with Gasteiger partial charge in [-0.1, -0.05) is 30.3 Å². The van der Waals surface area contributed by atoms with Gasteiger partial charge in [0, 0.05) is 55.6 Å². The average molecular weight is 376 g/mol. The largest absolute Gasteiger partial charge is 0.393 e. The predicted octanol–water partition coefficient (Wildman–Crippen LogP) is 2.39. The molecule has 0 radical (unpaired) electrons. The molecule has 7 heteroatoms. The van der Waals surface area contributed by atoms with Gasteiger partial charge in [-0.15, -0.1) is 0 Å². The summed E-state index contributed by atoms with van der Waals surface area (Å²) in [4.78, 5) is 13.8. The number of hydrogen-bond acceptors (Lipinski definition) is 6. The maximum Gasteiger partial charge on any atom is 0.227 e. The highest BCUT2D eigenvalue weighted by Crippen LogP contribution is 2.30. The number of benzene rings is 1. The van der Waals surface area contributed by atoms with Crippen LogP contribution in [0.4, 0.5) is 11.8 Å². The van der Waals surface area contributed by atoms with Gasteiger partial charge in [-0.3, -0.25) is 5.10 Å². The number of hydrogen-bond donors (Lipinski definition) is 2. The number of nitrogens with zero attached hydrogens (tertiary/aromatic N) is 5. The number of fused-ring (bicyclic) bond motifs is 1. The highest BCUT2D eigenvalue weighted by Gasteiger charge is 2.25. The van der Waals surface area contributed by atoms with E-state index in [1.807, 2.05) is 30.5 Å². The fourth-order valence-electron chi connectivity index (χ4n) is 4.06. The molecule has 2 aliphatic heterocycles. The Balaban J connectivity index is 1.39. The first-order valence-corrected chi connectivity index (χ1v) is 9.90. The van der Waals surface area contributed by atoms with E-state index in [1.165, 1.54) is 11.3 Å². The zero-order valence-electron chi connectivity index (χ0n) is 15.8. The molecular weight excluding hydrogens is 352 g/mol. The Morgan fingerprint density at radius 3 is 2.64 bits per heavy atom. The van der Waals surface area contributed by atoms with Crippen molar-refractivity contribution in [3.05, 3.63) is 53.9 Å². The van der Waals surface area contributed by atoms with E-state index in [-0.39, 0.29) is 6.10 Å². The molecule has 1 aromatic carbocycles. The van der Waals surface area contributed by atoms with Gasteiger partial charge in [-0.25, -0.2) is 4.98 Å². The van der Waals surface area contributed by atoms with E-state index < -0.39 is 0 Å². The summed E-state index contributed by atoms with van der Waals surface area (Å²) in [7, 11) is 0. The van der Waals surface area contributed by atoms with E-state index >= 15 is 0 Å². The molecule has 7 nitrogen and oxygen atoms in total. The Labute approximate surface area is 164 Å². The fourth-order valence-corrected chi connectivity index (χ4v) is 4.06. The maximum atomic E-state index is 9.75. The number of anilines is 2. The molecule has 0 atom stereocenters. The summed E-state index contributed by atoms with van der Waals surface area (Å²) in [6.45, 7) is 3.28. The minimum absolute atomic E-state index is 0.185. The molecule has 0 unspecified atom stereocenters. The summed E-state index contributed by atoms with van der Waals surface area (Å²) < 4.78 is 0. The third-order valence-electron chi connectivity index (χ3n) is 5.68. The van der Waals surface area contributed by atoms with Crippen molar-refractivity contribution in [2.24, 2.45) is 0 Å².